The van der Waals surface area contributed by atoms with E-state index in [0.717, 1.165) is 11.4 Å². The minimum Gasteiger partial charge on any atom is -0.363 e. The molecule has 0 saturated carbocycles. The monoisotopic (exact) mass is 263 g/mol. The van der Waals surface area contributed by atoms with Crippen molar-refractivity contribution >= 4 is 17.8 Å². The van der Waals surface area contributed by atoms with Gasteiger partial charge in [0.05, 0.1) is 0 Å². The summed E-state index contributed by atoms with van der Waals surface area (Å²) in [5.74, 6) is 0.664. The number of anilines is 1. The lowest BCUT2D eigenvalue weighted by Crippen LogP contribution is -2.42. The number of nitrogens with one attached hydrogen (secondary N) is 3. The first-order valence-corrected chi connectivity index (χ1v) is 6.00. The first kappa shape index (κ1) is 13.1. The first-order chi connectivity index (χ1) is 9.06. The third-order valence-electron chi connectivity index (χ3n) is 2.82. The maximum atomic E-state index is 11.7. The quantitative estimate of drug-likeness (QED) is 0.680. The summed E-state index contributed by atoms with van der Waals surface area (Å²) in [5, 5.41) is 7.83. The topological polar surface area (TPSA) is 86.4 Å². The zero-order valence-electron chi connectivity index (χ0n) is 10.9. The molecule has 3 N–H and O–H groups in total. The molecule has 3 amide bonds. The molecule has 19 heavy (non-hydrogen) atoms. The molecule has 1 unspecified atom stereocenters. The van der Waals surface area contributed by atoms with Gasteiger partial charge in [0.15, 0.2) is 0 Å². The van der Waals surface area contributed by atoms with Gasteiger partial charge in [0.1, 0.15) is 11.9 Å². The number of nitrogens with zero attached hydrogens (tertiary/aromatic N) is 2. The highest BCUT2D eigenvalue weighted by atomic mass is 16.2. The summed E-state index contributed by atoms with van der Waals surface area (Å²) >= 11 is 0. The van der Waals surface area contributed by atoms with E-state index in [-0.39, 0.29) is 11.9 Å². The van der Waals surface area contributed by atoms with E-state index in [1.165, 1.54) is 0 Å². The Hall–Kier alpha value is -2.31. The number of hydrogen-bond acceptors (Lipinski definition) is 4. The van der Waals surface area contributed by atoms with Crippen LogP contribution in [0.3, 0.4) is 0 Å². The normalized spacial score (nSPS) is 17.6. The molecule has 1 fully saturated rings. The molecule has 2 rings (SSSR count). The van der Waals surface area contributed by atoms with Crippen LogP contribution in [0.2, 0.25) is 0 Å². The minimum atomic E-state index is -0.499. The molecule has 1 atom stereocenters. The van der Waals surface area contributed by atoms with Gasteiger partial charge in [-0.25, -0.2) is 9.78 Å². The van der Waals surface area contributed by atoms with E-state index < -0.39 is 6.04 Å². The molecule has 1 aromatic heterocycles. The zero-order chi connectivity index (χ0) is 13.8. The smallest absolute Gasteiger partial charge is 0.315 e. The molecule has 0 aliphatic carbocycles. The van der Waals surface area contributed by atoms with E-state index in [9.17, 15) is 9.59 Å². The van der Waals surface area contributed by atoms with Gasteiger partial charge in [-0.05, 0) is 11.6 Å². The lowest BCUT2D eigenvalue weighted by atomic mass is 10.2. The molecule has 0 aromatic carbocycles. The van der Waals surface area contributed by atoms with Crippen LogP contribution >= 0.6 is 0 Å². The predicted molar refractivity (Wildman–Crippen MR) is 70.7 cm³/mol. The van der Waals surface area contributed by atoms with Crippen molar-refractivity contribution in [1.29, 1.82) is 0 Å². The van der Waals surface area contributed by atoms with Crippen molar-refractivity contribution in [3.63, 3.8) is 0 Å². The fourth-order valence-corrected chi connectivity index (χ4v) is 1.71. The van der Waals surface area contributed by atoms with E-state index in [2.05, 4.69) is 20.9 Å². The van der Waals surface area contributed by atoms with Gasteiger partial charge in [0, 0.05) is 33.4 Å². The highest BCUT2D eigenvalue weighted by Crippen LogP contribution is 2.07. The molecular weight excluding hydrogens is 246 g/mol. The van der Waals surface area contributed by atoms with Crippen molar-refractivity contribution in [3.8, 4) is 0 Å². The number of aromatic nitrogens is 1. The second-order valence-corrected chi connectivity index (χ2v) is 4.54. The number of hydrogen-bond donors (Lipinski definition) is 3. The number of rotatable bonds is 4. The maximum Gasteiger partial charge on any atom is 0.315 e. The molecule has 0 radical (unpaired) electrons. The molecule has 1 aromatic rings. The average Bonchev–Trinajstić information content (AvgIpc) is 2.83. The first-order valence-electron chi connectivity index (χ1n) is 6.00. The second kappa shape index (κ2) is 5.55. The molecule has 7 nitrogen and oxygen atoms in total. The van der Waals surface area contributed by atoms with Gasteiger partial charge in [0.2, 0.25) is 5.91 Å². The van der Waals surface area contributed by atoms with Gasteiger partial charge < -0.3 is 20.9 Å². The van der Waals surface area contributed by atoms with Crippen molar-refractivity contribution in [2.75, 3.05) is 25.5 Å². The Kier molecular flexibility index (Phi) is 3.84. The standard InChI is InChI=1S/C12H17N5O2/c1-17(2)10-4-3-8(5-13-10)6-14-11(18)9-7-15-12(19)16-9/h3-5,9H,6-7H2,1-2H3,(H,14,18)(H2,15,16,19). The summed E-state index contributed by atoms with van der Waals surface area (Å²) in [6.07, 6.45) is 1.72. The number of carbonyl (C=O) groups excluding carboxylic acids is 2. The van der Waals surface area contributed by atoms with Crippen LogP contribution in [-0.4, -0.2) is 43.6 Å². The zero-order valence-corrected chi connectivity index (χ0v) is 10.9. The van der Waals surface area contributed by atoms with Crippen LogP contribution < -0.4 is 20.9 Å². The van der Waals surface area contributed by atoms with Crippen molar-refractivity contribution in [2.45, 2.75) is 12.6 Å². The van der Waals surface area contributed by atoms with Crippen molar-refractivity contribution < 1.29 is 9.59 Å². The summed E-state index contributed by atoms with van der Waals surface area (Å²) in [6, 6.07) is 2.99. The van der Waals surface area contributed by atoms with Gasteiger partial charge in [-0.1, -0.05) is 6.07 Å². The predicted octanol–water partition coefficient (Wildman–Crippen LogP) is -0.555. The Morgan fingerprint density at radius 2 is 2.32 bits per heavy atom. The molecule has 102 valence electrons. The third kappa shape index (κ3) is 3.34. The fourth-order valence-electron chi connectivity index (χ4n) is 1.71. The fraction of sp³-hybridized carbons (Fsp3) is 0.417. The molecule has 1 aliphatic heterocycles. The van der Waals surface area contributed by atoms with Crippen molar-refractivity contribution in [1.82, 2.24) is 20.9 Å². The van der Waals surface area contributed by atoms with Crippen LogP contribution in [0.4, 0.5) is 10.6 Å². The molecule has 1 saturated heterocycles. The van der Waals surface area contributed by atoms with E-state index in [0.29, 0.717) is 13.1 Å². The summed E-state index contributed by atoms with van der Waals surface area (Å²) in [7, 11) is 3.83. The number of pyridine rings is 1. The van der Waals surface area contributed by atoms with Crippen LogP contribution in [0, 0.1) is 0 Å². The second-order valence-electron chi connectivity index (χ2n) is 4.54. The molecule has 1 aliphatic rings. The van der Waals surface area contributed by atoms with Crippen LogP contribution in [-0.2, 0) is 11.3 Å². The average molecular weight is 263 g/mol. The Bertz CT molecular complexity index is 472. The van der Waals surface area contributed by atoms with E-state index in [4.69, 9.17) is 0 Å². The van der Waals surface area contributed by atoms with Gasteiger partial charge in [0.25, 0.3) is 0 Å². The molecule has 0 bridgehead atoms. The van der Waals surface area contributed by atoms with Crippen LogP contribution in [0.25, 0.3) is 0 Å². The Morgan fingerprint density at radius 3 is 2.84 bits per heavy atom. The highest BCUT2D eigenvalue weighted by Gasteiger charge is 2.26. The Labute approximate surface area is 111 Å². The number of carbonyl (C=O) groups is 2. The Balaban J connectivity index is 1.85. The third-order valence-corrected chi connectivity index (χ3v) is 2.82. The SMILES string of the molecule is CN(C)c1ccc(CNC(=O)C2CNC(=O)N2)cn1. The van der Waals surface area contributed by atoms with Gasteiger partial charge in [-0.3, -0.25) is 4.79 Å². The lowest BCUT2D eigenvalue weighted by Gasteiger charge is -2.12. The minimum absolute atomic E-state index is 0.199. The van der Waals surface area contributed by atoms with Gasteiger partial charge in [-0.15, -0.1) is 0 Å². The molecule has 0 spiro atoms. The molecule has 2 heterocycles. The lowest BCUT2D eigenvalue weighted by molar-refractivity contribution is -0.122. The van der Waals surface area contributed by atoms with Crippen LogP contribution in [0.1, 0.15) is 5.56 Å². The largest absolute Gasteiger partial charge is 0.363 e. The van der Waals surface area contributed by atoms with Gasteiger partial charge >= 0.3 is 6.03 Å². The maximum absolute atomic E-state index is 11.7. The Morgan fingerprint density at radius 1 is 1.53 bits per heavy atom. The summed E-state index contributed by atoms with van der Waals surface area (Å²) < 4.78 is 0. The summed E-state index contributed by atoms with van der Waals surface area (Å²) in [6.45, 7) is 0.717. The number of urea groups is 1. The highest BCUT2D eigenvalue weighted by molar-refractivity contribution is 5.90. The van der Waals surface area contributed by atoms with Crippen molar-refractivity contribution in [2.24, 2.45) is 0 Å². The van der Waals surface area contributed by atoms with Crippen molar-refractivity contribution in [3.05, 3.63) is 23.9 Å². The summed E-state index contributed by atoms with van der Waals surface area (Å²) in [4.78, 5) is 28.8. The number of amides is 3. The summed E-state index contributed by atoms with van der Waals surface area (Å²) in [5.41, 5.74) is 0.913. The molecular formula is C12H17N5O2. The van der Waals surface area contributed by atoms with E-state index in [1.54, 1.807) is 6.20 Å². The van der Waals surface area contributed by atoms with Crippen LogP contribution in [0.5, 0.6) is 0 Å². The molecule has 7 heteroatoms. The van der Waals surface area contributed by atoms with E-state index >= 15 is 0 Å². The van der Waals surface area contributed by atoms with E-state index in [1.807, 2.05) is 31.1 Å². The van der Waals surface area contributed by atoms with Crippen LogP contribution in [0.15, 0.2) is 18.3 Å². The van der Waals surface area contributed by atoms with Gasteiger partial charge in [-0.2, -0.15) is 0 Å².